The maximum Gasteiger partial charge on any atom is 0.257 e. The zero-order chi connectivity index (χ0) is 17.0. The number of aromatic nitrogens is 1. The Morgan fingerprint density at radius 1 is 1.26 bits per heavy atom. The molecule has 2 N–H and O–H groups in total. The summed E-state index contributed by atoms with van der Waals surface area (Å²) in [5.41, 5.74) is 3.45. The smallest absolute Gasteiger partial charge is 0.257 e. The number of aliphatic hydroxyl groups excluding tert-OH is 1. The van der Waals surface area contributed by atoms with Crippen LogP contribution < -0.4 is 10.1 Å². The second-order valence-electron chi connectivity index (χ2n) is 5.80. The van der Waals surface area contributed by atoms with Crippen LogP contribution in [0.15, 0.2) is 30.3 Å². The van der Waals surface area contributed by atoms with E-state index >= 15 is 0 Å². The average molecular weight is 316 g/mol. The molecule has 0 aliphatic rings. The summed E-state index contributed by atoms with van der Waals surface area (Å²) in [6.45, 7) is 8.42. The van der Waals surface area contributed by atoms with Crippen molar-refractivity contribution >= 4 is 11.6 Å². The Hall–Kier alpha value is -2.27. The molecule has 124 valence electrons. The quantitative estimate of drug-likeness (QED) is 0.859. The van der Waals surface area contributed by atoms with Crippen molar-refractivity contribution in [2.75, 3.05) is 18.5 Å². The molecule has 0 radical (unpaired) electrons. The molecular formula is C18H24N2O3. The van der Waals surface area contributed by atoms with Crippen LogP contribution in [0.4, 0.5) is 5.69 Å². The number of hydrogen-bond acceptors (Lipinski definition) is 3. The summed E-state index contributed by atoms with van der Waals surface area (Å²) in [6, 6.07) is 9.34. The van der Waals surface area contributed by atoms with Gasteiger partial charge in [0.05, 0.1) is 12.2 Å². The Morgan fingerprint density at radius 3 is 2.43 bits per heavy atom. The summed E-state index contributed by atoms with van der Waals surface area (Å²) >= 11 is 0. The van der Waals surface area contributed by atoms with Crippen LogP contribution in [0, 0.1) is 13.8 Å². The molecule has 1 aromatic heterocycles. The first-order valence-electron chi connectivity index (χ1n) is 7.77. The van der Waals surface area contributed by atoms with Crippen LogP contribution in [0.25, 0.3) is 0 Å². The van der Waals surface area contributed by atoms with Crippen LogP contribution >= 0.6 is 0 Å². The fourth-order valence-corrected chi connectivity index (χ4v) is 2.80. The molecule has 0 saturated carbocycles. The molecule has 2 rings (SSSR count). The number of anilines is 1. The van der Waals surface area contributed by atoms with Gasteiger partial charge in [-0.25, -0.2) is 0 Å². The third kappa shape index (κ3) is 3.93. The maximum absolute atomic E-state index is 12.5. The summed E-state index contributed by atoms with van der Waals surface area (Å²) in [6.07, 6.45) is 0. The van der Waals surface area contributed by atoms with Crippen molar-refractivity contribution in [2.24, 2.45) is 0 Å². The zero-order valence-electron chi connectivity index (χ0n) is 14.1. The van der Waals surface area contributed by atoms with Crippen molar-refractivity contribution in [3.63, 3.8) is 0 Å². The van der Waals surface area contributed by atoms with E-state index in [1.807, 2.05) is 19.9 Å². The summed E-state index contributed by atoms with van der Waals surface area (Å²) in [4.78, 5) is 12.5. The fraction of sp³-hybridized carbons (Fsp3) is 0.389. The van der Waals surface area contributed by atoms with Crippen molar-refractivity contribution in [2.45, 2.75) is 33.7 Å². The predicted octanol–water partition coefficient (Wildman–Crippen LogP) is 3.31. The number of aryl methyl sites for hydroxylation is 1. The number of carbonyl (C=O) groups excluding carboxylic acids is 1. The monoisotopic (exact) mass is 316 g/mol. The Bertz CT molecular complexity index is 672. The van der Waals surface area contributed by atoms with Gasteiger partial charge in [-0.3, -0.25) is 4.79 Å². The number of aliphatic hydroxyl groups is 1. The maximum atomic E-state index is 12.5. The number of carbonyl (C=O) groups is 1. The number of nitrogens with zero attached hydrogens (tertiary/aromatic N) is 1. The molecule has 23 heavy (non-hydrogen) atoms. The zero-order valence-corrected chi connectivity index (χ0v) is 14.1. The minimum atomic E-state index is -0.117. The van der Waals surface area contributed by atoms with Crippen LogP contribution in [-0.4, -0.2) is 28.8 Å². The standard InChI is InChI=1S/C18H24N2O3/c1-12(2)20-13(3)11-17(14(20)4)18(22)19-15-5-7-16(8-6-15)23-10-9-21/h5-8,11-12,21H,9-10H2,1-4H3,(H,19,22). The lowest BCUT2D eigenvalue weighted by Gasteiger charge is -2.13. The highest BCUT2D eigenvalue weighted by molar-refractivity contribution is 6.05. The van der Waals surface area contributed by atoms with Crippen molar-refractivity contribution in [1.29, 1.82) is 0 Å². The highest BCUT2D eigenvalue weighted by Crippen LogP contribution is 2.22. The molecular weight excluding hydrogens is 292 g/mol. The lowest BCUT2D eigenvalue weighted by molar-refractivity contribution is 0.102. The van der Waals surface area contributed by atoms with E-state index in [1.54, 1.807) is 24.3 Å². The van der Waals surface area contributed by atoms with Crippen LogP contribution in [0.2, 0.25) is 0 Å². The van der Waals surface area contributed by atoms with Crippen LogP contribution in [-0.2, 0) is 0 Å². The second kappa shape index (κ2) is 7.33. The Balaban J connectivity index is 2.12. The van der Waals surface area contributed by atoms with Gasteiger partial charge in [0.2, 0.25) is 0 Å². The average Bonchev–Trinajstić information content (AvgIpc) is 2.81. The minimum Gasteiger partial charge on any atom is -0.491 e. The molecule has 5 heteroatoms. The molecule has 1 amide bonds. The van der Waals surface area contributed by atoms with E-state index in [1.165, 1.54) is 0 Å². The lowest BCUT2D eigenvalue weighted by atomic mass is 10.2. The molecule has 2 aromatic rings. The van der Waals surface area contributed by atoms with Crippen molar-refractivity contribution in [3.8, 4) is 5.75 Å². The molecule has 0 aliphatic heterocycles. The first kappa shape index (κ1) is 17.1. The van der Waals surface area contributed by atoms with E-state index in [2.05, 4.69) is 23.7 Å². The Labute approximate surface area is 136 Å². The van der Waals surface area contributed by atoms with E-state index in [0.717, 1.165) is 11.4 Å². The van der Waals surface area contributed by atoms with E-state index in [0.29, 0.717) is 23.0 Å². The van der Waals surface area contributed by atoms with Gasteiger partial charge >= 0.3 is 0 Å². The topological polar surface area (TPSA) is 63.5 Å². The van der Waals surface area contributed by atoms with Gasteiger partial charge in [0, 0.05) is 23.1 Å². The molecule has 0 saturated heterocycles. The molecule has 5 nitrogen and oxygen atoms in total. The van der Waals surface area contributed by atoms with E-state index in [4.69, 9.17) is 9.84 Å². The summed E-state index contributed by atoms with van der Waals surface area (Å²) in [5.74, 6) is 0.545. The second-order valence-corrected chi connectivity index (χ2v) is 5.80. The lowest BCUT2D eigenvalue weighted by Crippen LogP contribution is -2.13. The summed E-state index contributed by atoms with van der Waals surface area (Å²) in [5, 5.41) is 11.6. The van der Waals surface area contributed by atoms with Crippen LogP contribution in [0.1, 0.15) is 41.6 Å². The first-order valence-corrected chi connectivity index (χ1v) is 7.77. The van der Waals surface area contributed by atoms with Gasteiger partial charge in [0.25, 0.3) is 5.91 Å². The molecule has 0 fully saturated rings. The highest BCUT2D eigenvalue weighted by atomic mass is 16.5. The van der Waals surface area contributed by atoms with Crippen LogP contribution in [0.5, 0.6) is 5.75 Å². The van der Waals surface area contributed by atoms with Gasteiger partial charge in [0.1, 0.15) is 12.4 Å². The van der Waals surface area contributed by atoms with Crippen molar-refractivity contribution in [1.82, 2.24) is 4.57 Å². The molecule has 1 aromatic carbocycles. The number of ether oxygens (including phenoxy) is 1. The minimum absolute atomic E-state index is 0.0239. The summed E-state index contributed by atoms with van der Waals surface area (Å²) < 4.78 is 7.45. The molecule has 0 spiro atoms. The van der Waals surface area contributed by atoms with Gasteiger partial charge in [0.15, 0.2) is 0 Å². The fourth-order valence-electron chi connectivity index (χ4n) is 2.80. The summed E-state index contributed by atoms with van der Waals surface area (Å²) in [7, 11) is 0. The van der Waals surface area contributed by atoms with E-state index < -0.39 is 0 Å². The number of benzene rings is 1. The molecule has 0 bridgehead atoms. The first-order chi connectivity index (χ1) is 10.9. The number of amides is 1. The SMILES string of the molecule is Cc1cc(C(=O)Nc2ccc(OCCO)cc2)c(C)n1C(C)C. The van der Waals surface area contributed by atoms with Crippen LogP contribution in [0.3, 0.4) is 0 Å². The normalized spacial score (nSPS) is 10.9. The number of rotatable bonds is 6. The molecule has 0 aliphatic carbocycles. The Morgan fingerprint density at radius 2 is 1.91 bits per heavy atom. The third-order valence-corrected chi connectivity index (χ3v) is 3.72. The third-order valence-electron chi connectivity index (χ3n) is 3.72. The number of hydrogen-bond donors (Lipinski definition) is 2. The van der Waals surface area contributed by atoms with Gasteiger partial charge in [-0.05, 0) is 58.0 Å². The van der Waals surface area contributed by atoms with Crippen molar-refractivity contribution < 1.29 is 14.6 Å². The van der Waals surface area contributed by atoms with Gasteiger partial charge in [-0.15, -0.1) is 0 Å². The van der Waals surface area contributed by atoms with Gasteiger partial charge < -0.3 is 19.7 Å². The predicted molar refractivity (Wildman–Crippen MR) is 91.3 cm³/mol. The number of nitrogens with one attached hydrogen (secondary N) is 1. The molecule has 1 heterocycles. The van der Waals surface area contributed by atoms with E-state index in [9.17, 15) is 4.79 Å². The Kier molecular flexibility index (Phi) is 5.45. The highest BCUT2D eigenvalue weighted by Gasteiger charge is 2.17. The van der Waals surface area contributed by atoms with Gasteiger partial charge in [-0.1, -0.05) is 0 Å². The van der Waals surface area contributed by atoms with E-state index in [-0.39, 0.29) is 19.1 Å². The molecule has 0 atom stereocenters. The van der Waals surface area contributed by atoms with Gasteiger partial charge in [-0.2, -0.15) is 0 Å². The van der Waals surface area contributed by atoms with Crippen molar-refractivity contribution in [3.05, 3.63) is 47.3 Å². The largest absolute Gasteiger partial charge is 0.491 e. The molecule has 0 unspecified atom stereocenters.